The molecule has 1 aromatic rings. The monoisotopic (exact) mass is 454 g/mol. The summed E-state index contributed by atoms with van der Waals surface area (Å²) in [5.41, 5.74) is 0.283. The Hall–Kier alpha value is -1.49. The number of nitrogens with one attached hydrogen (secondary N) is 2. The Kier molecular flexibility index (Phi) is 7.00. The molecular weight excluding hydrogens is 420 g/mol. The lowest BCUT2D eigenvalue weighted by Gasteiger charge is -2.41. The van der Waals surface area contributed by atoms with E-state index < -0.39 is 10.0 Å². The minimum Gasteiger partial charge on any atom is -0.395 e. The van der Waals surface area contributed by atoms with Gasteiger partial charge in [-0.1, -0.05) is 12.1 Å². The summed E-state index contributed by atoms with van der Waals surface area (Å²) >= 11 is 0. The fourth-order valence-corrected chi connectivity index (χ4v) is 7.95. The van der Waals surface area contributed by atoms with Crippen molar-refractivity contribution in [2.75, 3.05) is 13.2 Å². The molecule has 1 aromatic heterocycles. The van der Waals surface area contributed by atoms with Gasteiger partial charge in [-0.25, -0.2) is 8.42 Å². The van der Waals surface area contributed by atoms with Gasteiger partial charge in [-0.3, -0.25) is 4.79 Å². The fourth-order valence-electron chi connectivity index (χ4n) is 5.52. The summed E-state index contributed by atoms with van der Waals surface area (Å²) in [6.45, 7) is 2.59. The standard InChI is InChI=1S/C21H34N4O5S/c1-2-18-13-20(24-30-18)21(27)23-15-11-16-5-6-17(12-15)25(16)31(28,29)19-7-3-14(4-8-19)22-9-10-26/h13-17,19,22,26H,2-12H2,1H3,(H,23,27)/t14?,16-,17-,19?/m0/s1. The largest absolute Gasteiger partial charge is 0.395 e. The van der Waals surface area contributed by atoms with Gasteiger partial charge in [-0.15, -0.1) is 0 Å². The lowest BCUT2D eigenvalue weighted by Crippen LogP contribution is -2.55. The molecule has 0 spiro atoms. The van der Waals surface area contributed by atoms with Gasteiger partial charge in [0.25, 0.3) is 5.91 Å². The summed E-state index contributed by atoms with van der Waals surface area (Å²) in [6, 6.07) is 1.83. The van der Waals surface area contributed by atoms with E-state index in [0.29, 0.717) is 50.5 Å². The number of fused-ring (bicyclic) bond motifs is 2. The normalized spacial score (nSPS) is 31.6. The molecule has 174 valence electrons. The number of hydrogen-bond donors (Lipinski definition) is 3. The van der Waals surface area contributed by atoms with Crippen LogP contribution in [0.2, 0.25) is 0 Å². The zero-order chi connectivity index (χ0) is 22.0. The minimum absolute atomic E-state index is 0.0391. The van der Waals surface area contributed by atoms with Crippen LogP contribution in [-0.4, -0.2) is 71.5 Å². The van der Waals surface area contributed by atoms with Crippen LogP contribution in [0, 0.1) is 0 Å². The van der Waals surface area contributed by atoms with Crippen molar-refractivity contribution in [3.63, 3.8) is 0 Å². The molecule has 0 unspecified atom stereocenters. The molecule has 10 heteroatoms. The molecule has 1 aliphatic carbocycles. The summed E-state index contributed by atoms with van der Waals surface area (Å²) in [4.78, 5) is 12.5. The van der Waals surface area contributed by atoms with Crippen molar-refractivity contribution >= 4 is 15.9 Å². The van der Waals surface area contributed by atoms with Crippen LogP contribution in [0.3, 0.4) is 0 Å². The number of aromatic nitrogens is 1. The molecule has 2 atom stereocenters. The molecule has 0 aromatic carbocycles. The summed E-state index contributed by atoms with van der Waals surface area (Å²) < 4.78 is 33.8. The predicted octanol–water partition coefficient (Wildman–Crippen LogP) is 1.19. The van der Waals surface area contributed by atoms with E-state index in [0.717, 1.165) is 25.7 Å². The summed E-state index contributed by atoms with van der Waals surface area (Å²) in [5.74, 6) is 0.422. The van der Waals surface area contributed by atoms with Crippen LogP contribution in [0.1, 0.15) is 74.5 Å². The second kappa shape index (κ2) is 9.56. The summed E-state index contributed by atoms with van der Waals surface area (Å²) in [7, 11) is -3.35. The van der Waals surface area contributed by atoms with Gasteiger partial charge in [0.1, 0.15) is 5.76 Å². The van der Waals surface area contributed by atoms with Crippen molar-refractivity contribution in [3.05, 3.63) is 17.5 Å². The second-order valence-corrected chi connectivity index (χ2v) is 11.2. The lowest BCUT2D eigenvalue weighted by molar-refractivity contribution is 0.0899. The van der Waals surface area contributed by atoms with Gasteiger partial charge in [0.05, 0.1) is 11.9 Å². The molecule has 3 aliphatic rings. The number of carbonyl (C=O) groups is 1. The Morgan fingerprint density at radius 3 is 2.42 bits per heavy atom. The van der Waals surface area contributed by atoms with E-state index in [1.165, 1.54) is 0 Å². The van der Waals surface area contributed by atoms with Gasteiger partial charge in [0.2, 0.25) is 10.0 Å². The van der Waals surface area contributed by atoms with Crippen LogP contribution in [-0.2, 0) is 16.4 Å². The average molecular weight is 455 g/mol. The molecule has 3 fully saturated rings. The molecular formula is C21H34N4O5S. The van der Waals surface area contributed by atoms with E-state index in [1.807, 2.05) is 6.92 Å². The first-order chi connectivity index (χ1) is 14.9. The Balaban J connectivity index is 1.35. The average Bonchev–Trinajstić information content (AvgIpc) is 3.36. The summed E-state index contributed by atoms with van der Waals surface area (Å²) in [5, 5.41) is 18.8. The molecule has 2 aliphatic heterocycles. The molecule has 2 bridgehead atoms. The van der Waals surface area contributed by atoms with Crippen LogP contribution >= 0.6 is 0 Å². The Bertz CT molecular complexity index is 851. The second-order valence-electron chi connectivity index (χ2n) is 9.09. The number of aliphatic hydroxyl groups excluding tert-OH is 1. The third-order valence-corrected chi connectivity index (χ3v) is 9.57. The first-order valence-electron chi connectivity index (χ1n) is 11.6. The van der Waals surface area contributed by atoms with E-state index in [-0.39, 0.29) is 41.6 Å². The third kappa shape index (κ3) is 4.81. The Labute approximate surface area is 184 Å². The van der Waals surface area contributed by atoms with E-state index in [1.54, 1.807) is 10.4 Å². The maximum absolute atomic E-state index is 13.5. The molecule has 3 N–H and O–H groups in total. The number of aliphatic hydroxyl groups is 1. The van der Waals surface area contributed by atoms with Crippen molar-refractivity contribution in [1.82, 2.24) is 20.1 Å². The molecule has 3 heterocycles. The quantitative estimate of drug-likeness (QED) is 0.539. The van der Waals surface area contributed by atoms with Gasteiger partial charge in [0, 0.05) is 43.2 Å². The number of piperidine rings is 1. The predicted molar refractivity (Wildman–Crippen MR) is 115 cm³/mol. The van der Waals surface area contributed by atoms with Gasteiger partial charge in [-0.05, 0) is 51.4 Å². The number of hydrogen-bond acceptors (Lipinski definition) is 7. The molecule has 9 nitrogen and oxygen atoms in total. The molecule has 4 rings (SSSR count). The van der Waals surface area contributed by atoms with Crippen molar-refractivity contribution in [2.45, 2.75) is 94.1 Å². The van der Waals surface area contributed by atoms with Crippen molar-refractivity contribution in [3.8, 4) is 0 Å². The highest BCUT2D eigenvalue weighted by atomic mass is 32.2. The molecule has 2 saturated heterocycles. The topological polar surface area (TPSA) is 125 Å². The molecule has 1 amide bonds. The highest BCUT2D eigenvalue weighted by molar-refractivity contribution is 7.89. The number of rotatable bonds is 8. The van der Waals surface area contributed by atoms with Crippen LogP contribution in [0.15, 0.2) is 10.6 Å². The van der Waals surface area contributed by atoms with E-state index in [2.05, 4.69) is 15.8 Å². The molecule has 31 heavy (non-hydrogen) atoms. The van der Waals surface area contributed by atoms with Crippen LogP contribution < -0.4 is 10.6 Å². The zero-order valence-corrected chi connectivity index (χ0v) is 18.9. The number of amides is 1. The fraction of sp³-hybridized carbons (Fsp3) is 0.810. The van der Waals surface area contributed by atoms with Gasteiger partial charge in [0.15, 0.2) is 5.69 Å². The van der Waals surface area contributed by atoms with E-state index >= 15 is 0 Å². The smallest absolute Gasteiger partial charge is 0.273 e. The number of carbonyl (C=O) groups excluding carboxylic acids is 1. The highest BCUT2D eigenvalue weighted by Crippen LogP contribution is 2.41. The first kappa shape index (κ1) is 22.7. The maximum Gasteiger partial charge on any atom is 0.273 e. The van der Waals surface area contributed by atoms with Crippen LogP contribution in [0.25, 0.3) is 0 Å². The number of aryl methyl sites for hydroxylation is 1. The van der Waals surface area contributed by atoms with Gasteiger partial charge in [-0.2, -0.15) is 4.31 Å². The number of nitrogens with zero attached hydrogens (tertiary/aromatic N) is 2. The summed E-state index contributed by atoms with van der Waals surface area (Å²) in [6.07, 6.45) is 6.65. The van der Waals surface area contributed by atoms with Gasteiger partial charge < -0.3 is 20.3 Å². The Morgan fingerprint density at radius 1 is 1.16 bits per heavy atom. The van der Waals surface area contributed by atoms with Crippen LogP contribution in [0.4, 0.5) is 0 Å². The van der Waals surface area contributed by atoms with Crippen molar-refractivity contribution < 1.29 is 22.8 Å². The molecule has 0 radical (unpaired) electrons. The van der Waals surface area contributed by atoms with E-state index in [9.17, 15) is 13.2 Å². The zero-order valence-electron chi connectivity index (χ0n) is 18.1. The lowest BCUT2D eigenvalue weighted by atomic mass is 9.95. The minimum atomic E-state index is -3.35. The Morgan fingerprint density at radius 2 is 1.84 bits per heavy atom. The first-order valence-corrected chi connectivity index (χ1v) is 13.1. The van der Waals surface area contributed by atoms with E-state index in [4.69, 9.17) is 9.63 Å². The van der Waals surface area contributed by atoms with Crippen LogP contribution in [0.5, 0.6) is 0 Å². The highest BCUT2D eigenvalue weighted by Gasteiger charge is 2.49. The molecule has 1 saturated carbocycles. The third-order valence-electron chi connectivity index (χ3n) is 7.08. The number of sulfonamides is 1. The maximum atomic E-state index is 13.5. The van der Waals surface area contributed by atoms with Crippen molar-refractivity contribution in [2.24, 2.45) is 0 Å². The van der Waals surface area contributed by atoms with Crippen molar-refractivity contribution in [1.29, 1.82) is 0 Å². The van der Waals surface area contributed by atoms with Gasteiger partial charge >= 0.3 is 0 Å². The SMILES string of the molecule is CCc1cc(C(=O)NC2C[C@@H]3CC[C@@H](C2)N3S(=O)(=O)C2CCC(NCCO)CC2)no1.